The average Bonchev–Trinajstić information content (AvgIpc) is 2.61. The van der Waals surface area contributed by atoms with Crippen LogP contribution in [0.25, 0.3) is 11.2 Å². The Kier molecular flexibility index (Phi) is 1.95. The van der Waals surface area contributed by atoms with Gasteiger partial charge in [-0.2, -0.15) is 0 Å². The molecular weight excluding hydrogens is 180 g/mol. The van der Waals surface area contributed by atoms with Crippen LogP contribution < -0.4 is 4.74 Å². The maximum absolute atomic E-state index is 11.3. The van der Waals surface area contributed by atoms with Gasteiger partial charge >= 0.3 is 5.97 Å². The second-order valence-corrected chi connectivity index (χ2v) is 3.75. The molecule has 0 aromatic carbocycles. The van der Waals surface area contributed by atoms with E-state index in [1.54, 1.807) is 19.9 Å². The zero-order valence-corrected chi connectivity index (χ0v) is 8.46. The monoisotopic (exact) mass is 192 g/mol. The lowest BCUT2D eigenvalue weighted by atomic mass is 10.2. The predicted molar refractivity (Wildman–Crippen MR) is 52.6 cm³/mol. The molecule has 0 aliphatic heterocycles. The summed E-state index contributed by atoms with van der Waals surface area (Å²) in [6.45, 7) is 5.54. The molecule has 0 saturated heterocycles. The molecule has 0 aliphatic rings. The third-order valence-corrected chi connectivity index (χ3v) is 2.12. The summed E-state index contributed by atoms with van der Waals surface area (Å²) < 4.78 is 10.5. The van der Waals surface area contributed by atoms with Crippen molar-refractivity contribution in [2.75, 3.05) is 0 Å². The van der Waals surface area contributed by atoms with Crippen molar-refractivity contribution in [3.05, 3.63) is 17.7 Å². The van der Waals surface area contributed by atoms with Gasteiger partial charge in [-0.15, -0.1) is 0 Å². The number of ether oxygens (including phenoxy) is 1. The van der Waals surface area contributed by atoms with Crippen LogP contribution in [0.3, 0.4) is 0 Å². The number of carbonyl (C=O) groups excluding carboxylic acids is 1. The molecule has 0 spiro atoms. The van der Waals surface area contributed by atoms with E-state index < -0.39 is 0 Å². The highest BCUT2D eigenvalue weighted by Crippen LogP contribution is 2.33. The zero-order chi connectivity index (χ0) is 10.3. The van der Waals surface area contributed by atoms with Crippen molar-refractivity contribution in [3.8, 4) is 5.75 Å². The molecule has 2 bridgehead atoms. The highest BCUT2D eigenvalue weighted by molar-refractivity contribution is 5.81. The van der Waals surface area contributed by atoms with E-state index in [-0.39, 0.29) is 11.9 Å². The van der Waals surface area contributed by atoms with E-state index in [1.807, 2.05) is 13.0 Å². The van der Waals surface area contributed by atoms with Gasteiger partial charge in [0.1, 0.15) is 5.58 Å². The first kappa shape index (κ1) is 9.06. The normalized spacial score (nSPS) is 11.4. The van der Waals surface area contributed by atoms with Crippen molar-refractivity contribution in [3.63, 3.8) is 0 Å². The molecule has 0 atom stereocenters. The minimum absolute atomic E-state index is 0.120. The summed E-state index contributed by atoms with van der Waals surface area (Å²) in [5.41, 5.74) is 2.44. The third-order valence-electron chi connectivity index (χ3n) is 2.12. The summed E-state index contributed by atoms with van der Waals surface area (Å²) >= 11 is 0. The Morgan fingerprint density at radius 3 is 2.64 bits per heavy atom. The number of hydrogen-bond acceptors (Lipinski definition) is 3. The van der Waals surface area contributed by atoms with E-state index in [9.17, 15) is 4.79 Å². The Bertz CT molecular complexity index is 453. The molecule has 3 nitrogen and oxygen atoms in total. The predicted octanol–water partition coefficient (Wildman–Crippen LogP) is 2.74. The number of carbonyl (C=O) groups is 1. The largest absolute Gasteiger partial charge is 0.453 e. The van der Waals surface area contributed by atoms with E-state index in [0.717, 1.165) is 11.1 Å². The lowest BCUT2D eigenvalue weighted by Crippen LogP contribution is -2.14. The molecule has 2 aromatic rings. The first-order valence-corrected chi connectivity index (χ1v) is 4.62. The number of furan rings is 2. The molecule has 2 rings (SSSR count). The van der Waals surface area contributed by atoms with E-state index in [2.05, 4.69) is 0 Å². The second-order valence-electron chi connectivity index (χ2n) is 3.75. The summed E-state index contributed by atoms with van der Waals surface area (Å²) in [6.07, 6.45) is 0. The Morgan fingerprint density at radius 1 is 1.43 bits per heavy atom. The summed E-state index contributed by atoms with van der Waals surface area (Å²) in [6, 6.07) is 3.66. The molecule has 0 unspecified atom stereocenters. The van der Waals surface area contributed by atoms with Crippen LogP contribution in [0.15, 0.2) is 16.5 Å². The standard InChI is InChI=1S/C11H12O3/c1-6(2)11(12)14-9-5-8-4-7(3)10(9)13-8/h4-6H,1-3H3. The molecule has 0 fully saturated rings. The molecule has 2 aromatic heterocycles. The first-order chi connectivity index (χ1) is 6.58. The fourth-order valence-electron chi connectivity index (χ4n) is 1.32. The molecule has 2 heterocycles. The van der Waals surface area contributed by atoms with Crippen molar-refractivity contribution in [2.24, 2.45) is 5.92 Å². The summed E-state index contributed by atoms with van der Waals surface area (Å²) in [5, 5.41) is 0. The van der Waals surface area contributed by atoms with Crippen molar-refractivity contribution < 1.29 is 13.9 Å². The van der Waals surface area contributed by atoms with Crippen LogP contribution >= 0.6 is 0 Å². The lowest BCUT2D eigenvalue weighted by molar-refractivity contribution is -0.137. The van der Waals surface area contributed by atoms with Gasteiger partial charge in [0.25, 0.3) is 0 Å². The van der Waals surface area contributed by atoms with Crippen LogP contribution in [-0.4, -0.2) is 5.97 Å². The van der Waals surface area contributed by atoms with Gasteiger partial charge in [0.05, 0.1) is 5.92 Å². The fourth-order valence-corrected chi connectivity index (χ4v) is 1.32. The van der Waals surface area contributed by atoms with Gasteiger partial charge in [-0.25, -0.2) is 0 Å². The van der Waals surface area contributed by atoms with E-state index in [0.29, 0.717) is 11.3 Å². The summed E-state index contributed by atoms with van der Waals surface area (Å²) in [5.74, 6) is 0.192. The van der Waals surface area contributed by atoms with Gasteiger partial charge in [0.2, 0.25) is 0 Å². The van der Waals surface area contributed by atoms with Crippen LogP contribution in [0.5, 0.6) is 5.75 Å². The summed E-state index contributed by atoms with van der Waals surface area (Å²) in [4.78, 5) is 11.3. The second kappa shape index (κ2) is 3.01. The maximum atomic E-state index is 11.3. The van der Waals surface area contributed by atoms with Crippen molar-refractivity contribution >= 4 is 17.1 Å². The smallest absolute Gasteiger partial charge is 0.313 e. The zero-order valence-electron chi connectivity index (χ0n) is 8.46. The highest BCUT2D eigenvalue weighted by Gasteiger charge is 2.17. The van der Waals surface area contributed by atoms with E-state index in [4.69, 9.17) is 9.15 Å². The first-order valence-electron chi connectivity index (χ1n) is 4.62. The maximum Gasteiger partial charge on any atom is 0.313 e. The molecule has 0 saturated carbocycles. The minimum atomic E-state index is -0.228. The van der Waals surface area contributed by atoms with Gasteiger partial charge in [0, 0.05) is 6.07 Å². The van der Waals surface area contributed by atoms with Gasteiger partial charge in [-0.1, -0.05) is 13.8 Å². The van der Waals surface area contributed by atoms with Crippen LogP contribution in [0.1, 0.15) is 19.4 Å². The highest BCUT2D eigenvalue weighted by atomic mass is 16.5. The molecule has 14 heavy (non-hydrogen) atoms. The number of fused-ring (bicyclic) bond motifs is 2. The van der Waals surface area contributed by atoms with E-state index in [1.165, 1.54) is 0 Å². The van der Waals surface area contributed by atoms with Crippen molar-refractivity contribution in [2.45, 2.75) is 20.8 Å². The SMILES string of the molecule is Cc1cc2cc(OC(=O)C(C)C)c1o2. The Morgan fingerprint density at radius 2 is 2.14 bits per heavy atom. The molecule has 0 amide bonds. The Labute approximate surface area is 82.0 Å². The summed E-state index contributed by atoms with van der Waals surface area (Å²) in [7, 11) is 0. The topological polar surface area (TPSA) is 39.4 Å². The number of hydrogen-bond donors (Lipinski definition) is 0. The van der Waals surface area contributed by atoms with Crippen LogP contribution in [0.2, 0.25) is 0 Å². The van der Waals surface area contributed by atoms with Gasteiger partial charge in [-0.05, 0) is 18.6 Å². The Hall–Kier alpha value is -1.51. The van der Waals surface area contributed by atoms with Crippen LogP contribution in [0, 0.1) is 12.8 Å². The van der Waals surface area contributed by atoms with Crippen LogP contribution in [-0.2, 0) is 4.79 Å². The van der Waals surface area contributed by atoms with Gasteiger partial charge in [0.15, 0.2) is 11.3 Å². The molecular formula is C11H12O3. The molecule has 0 aliphatic carbocycles. The number of aryl methyl sites for hydroxylation is 1. The van der Waals surface area contributed by atoms with Gasteiger partial charge in [-0.3, -0.25) is 4.79 Å². The average molecular weight is 192 g/mol. The molecule has 74 valence electrons. The molecule has 0 radical (unpaired) electrons. The number of esters is 1. The Balaban J connectivity index is 2.26. The van der Waals surface area contributed by atoms with Gasteiger partial charge < -0.3 is 9.15 Å². The molecule has 0 N–H and O–H groups in total. The van der Waals surface area contributed by atoms with E-state index >= 15 is 0 Å². The third kappa shape index (κ3) is 1.35. The fraction of sp³-hybridized carbons (Fsp3) is 0.364. The van der Waals surface area contributed by atoms with Crippen molar-refractivity contribution in [1.82, 2.24) is 0 Å². The lowest BCUT2D eigenvalue weighted by Gasteiger charge is -2.04. The number of rotatable bonds is 2. The molecule has 3 heteroatoms. The minimum Gasteiger partial charge on any atom is -0.453 e. The van der Waals surface area contributed by atoms with Crippen LogP contribution in [0.4, 0.5) is 0 Å². The van der Waals surface area contributed by atoms with Crippen molar-refractivity contribution in [1.29, 1.82) is 0 Å². The number of benzene rings is 1. The quantitative estimate of drug-likeness (QED) is 0.542.